The van der Waals surface area contributed by atoms with Gasteiger partial charge in [0.05, 0.1) is 16.2 Å². The van der Waals surface area contributed by atoms with E-state index in [9.17, 15) is 10.1 Å². The highest BCUT2D eigenvalue weighted by Gasteiger charge is 2.20. The van der Waals surface area contributed by atoms with Crippen LogP contribution in [0.25, 0.3) is 11.3 Å². The SMILES string of the molecule is CCc1c(N)n[nH]c1-c1ccc(Cl)cc1[N+](=O)[O-]. The number of nitro groups is 1. The molecule has 94 valence electrons. The van der Waals surface area contributed by atoms with Crippen LogP contribution in [0.15, 0.2) is 18.2 Å². The normalized spacial score (nSPS) is 10.6. The minimum Gasteiger partial charge on any atom is -0.382 e. The highest BCUT2D eigenvalue weighted by molar-refractivity contribution is 6.30. The lowest BCUT2D eigenvalue weighted by atomic mass is 10.0. The summed E-state index contributed by atoms with van der Waals surface area (Å²) in [7, 11) is 0. The van der Waals surface area contributed by atoms with E-state index in [1.807, 2.05) is 6.92 Å². The van der Waals surface area contributed by atoms with E-state index in [-0.39, 0.29) is 5.69 Å². The van der Waals surface area contributed by atoms with Gasteiger partial charge < -0.3 is 5.73 Å². The molecule has 0 aliphatic rings. The van der Waals surface area contributed by atoms with Gasteiger partial charge in [0.15, 0.2) is 0 Å². The van der Waals surface area contributed by atoms with Crippen LogP contribution in [0.2, 0.25) is 5.02 Å². The number of nitro benzene ring substituents is 1. The van der Waals surface area contributed by atoms with Gasteiger partial charge in [-0.15, -0.1) is 0 Å². The average molecular weight is 267 g/mol. The van der Waals surface area contributed by atoms with E-state index in [0.29, 0.717) is 28.5 Å². The molecule has 0 unspecified atom stereocenters. The predicted molar refractivity (Wildman–Crippen MR) is 69.5 cm³/mol. The monoisotopic (exact) mass is 266 g/mol. The second-order valence-electron chi connectivity index (χ2n) is 3.73. The maximum atomic E-state index is 11.0. The van der Waals surface area contributed by atoms with Crippen molar-refractivity contribution in [2.75, 3.05) is 5.73 Å². The quantitative estimate of drug-likeness (QED) is 0.659. The van der Waals surface area contributed by atoms with Gasteiger partial charge in [0.25, 0.3) is 5.69 Å². The van der Waals surface area contributed by atoms with Gasteiger partial charge in [-0.3, -0.25) is 15.2 Å². The topological polar surface area (TPSA) is 97.8 Å². The number of benzene rings is 1. The molecule has 0 aliphatic carbocycles. The summed E-state index contributed by atoms with van der Waals surface area (Å²) in [5.74, 6) is 0.358. The Bertz CT molecular complexity index is 609. The van der Waals surface area contributed by atoms with E-state index in [0.717, 1.165) is 5.56 Å². The minimum atomic E-state index is -0.475. The molecule has 0 spiro atoms. The molecular formula is C11H11ClN4O2. The molecule has 0 fully saturated rings. The van der Waals surface area contributed by atoms with Crippen LogP contribution in [0.5, 0.6) is 0 Å². The van der Waals surface area contributed by atoms with Gasteiger partial charge in [-0.2, -0.15) is 5.10 Å². The van der Waals surface area contributed by atoms with Crippen LogP contribution >= 0.6 is 11.6 Å². The second-order valence-corrected chi connectivity index (χ2v) is 4.17. The molecule has 0 bridgehead atoms. The summed E-state index contributed by atoms with van der Waals surface area (Å²) in [6, 6.07) is 4.50. The largest absolute Gasteiger partial charge is 0.382 e. The highest BCUT2D eigenvalue weighted by atomic mass is 35.5. The van der Waals surface area contributed by atoms with Crippen LogP contribution in [-0.2, 0) is 6.42 Å². The molecule has 1 aromatic heterocycles. The van der Waals surface area contributed by atoms with Crippen molar-refractivity contribution in [2.45, 2.75) is 13.3 Å². The summed E-state index contributed by atoms with van der Waals surface area (Å²) < 4.78 is 0. The number of halogens is 1. The molecule has 1 heterocycles. The fourth-order valence-corrected chi connectivity index (χ4v) is 1.99. The zero-order valence-electron chi connectivity index (χ0n) is 9.61. The summed E-state index contributed by atoms with van der Waals surface area (Å²) in [4.78, 5) is 10.6. The van der Waals surface area contributed by atoms with Gasteiger partial charge >= 0.3 is 0 Å². The number of hydrogen-bond donors (Lipinski definition) is 2. The van der Waals surface area contributed by atoms with Gasteiger partial charge in [0.2, 0.25) is 0 Å². The molecule has 1 aromatic carbocycles. The van der Waals surface area contributed by atoms with Gasteiger partial charge in [-0.05, 0) is 18.6 Å². The third kappa shape index (κ3) is 2.02. The van der Waals surface area contributed by atoms with Gasteiger partial charge in [0, 0.05) is 16.7 Å². The van der Waals surface area contributed by atoms with Crippen LogP contribution in [-0.4, -0.2) is 15.1 Å². The lowest BCUT2D eigenvalue weighted by Crippen LogP contribution is -1.95. The number of nitrogens with zero attached hydrogens (tertiary/aromatic N) is 2. The van der Waals surface area contributed by atoms with Crippen LogP contribution < -0.4 is 5.73 Å². The molecule has 2 aromatic rings. The summed E-state index contributed by atoms with van der Waals surface area (Å²) >= 11 is 5.77. The maximum absolute atomic E-state index is 11.0. The standard InChI is InChI=1S/C11H11ClN4O2/c1-2-7-10(14-15-11(7)13)8-4-3-6(12)5-9(8)16(17)18/h3-5H,2H2,1H3,(H3,13,14,15). The van der Waals surface area contributed by atoms with Crippen molar-refractivity contribution in [2.24, 2.45) is 0 Å². The molecule has 2 rings (SSSR count). The first-order valence-electron chi connectivity index (χ1n) is 5.31. The van der Waals surface area contributed by atoms with E-state index < -0.39 is 4.92 Å². The zero-order chi connectivity index (χ0) is 13.3. The van der Waals surface area contributed by atoms with Gasteiger partial charge in [0.1, 0.15) is 5.82 Å². The summed E-state index contributed by atoms with van der Waals surface area (Å²) in [6.45, 7) is 1.91. The summed E-state index contributed by atoms with van der Waals surface area (Å²) in [5, 5.41) is 18.0. The van der Waals surface area contributed by atoms with Crippen molar-refractivity contribution < 1.29 is 4.92 Å². The number of nitrogen functional groups attached to an aromatic ring is 1. The molecule has 18 heavy (non-hydrogen) atoms. The number of H-pyrrole nitrogens is 1. The van der Waals surface area contributed by atoms with Crippen molar-refractivity contribution in [3.63, 3.8) is 0 Å². The molecule has 3 N–H and O–H groups in total. The van der Waals surface area contributed by atoms with Gasteiger partial charge in [-0.1, -0.05) is 18.5 Å². The minimum absolute atomic E-state index is 0.0687. The Labute approximate surface area is 108 Å². The Hall–Kier alpha value is -2.08. The van der Waals surface area contributed by atoms with Crippen LogP contribution in [0.1, 0.15) is 12.5 Å². The summed E-state index contributed by atoms with van der Waals surface area (Å²) in [5.41, 5.74) is 7.41. The van der Waals surface area contributed by atoms with Crippen LogP contribution in [0, 0.1) is 10.1 Å². The maximum Gasteiger partial charge on any atom is 0.280 e. The van der Waals surface area contributed by atoms with E-state index in [2.05, 4.69) is 10.2 Å². The van der Waals surface area contributed by atoms with Crippen molar-refractivity contribution in [3.8, 4) is 11.3 Å². The van der Waals surface area contributed by atoms with Crippen molar-refractivity contribution in [1.29, 1.82) is 0 Å². The molecule has 0 aliphatic heterocycles. The fraction of sp³-hybridized carbons (Fsp3) is 0.182. The molecule has 6 nitrogen and oxygen atoms in total. The average Bonchev–Trinajstić information content (AvgIpc) is 2.70. The number of nitrogens with two attached hydrogens (primary N) is 1. The Balaban J connectivity index is 2.67. The third-order valence-corrected chi connectivity index (χ3v) is 2.91. The molecule has 0 saturated carbocycles. The zero-order valence-corrected chi connectivity index (χ0v) is 10.4. The highest BCUT2D eigenvalue weighted by Crippen LogP contribution is 2.34. The Morgan fingerprint density at radius 2 is 2.28 bits per heavy atom. The lowest BCUT2D eigenvalue weighted by Gasteiger charge is -2.03. The second kappa shape index (κ2) is 4.66. The smallest absolute Gasteiger partial charge is 0.280 e. The van der Waals surface area contributed by atoms with Crippen molar-refractivity contribution in [1.82, 2.24) is 10.2 Å². The Kier molecular flexibility index (Phi) is 3.20. The molecule has 0 atom stereocenters. The predicted octanol–water partition coefficient (Wildman–Crippen LogP) is 2.78. The number of rotatable bonds is 3. The van der Waals surface area contributed by atoms with E-state index in [4.69, 9.17) is 17.3 Å². The molecule has 0 saturated heterocycles. The Morgan fingerprint density at radius 3 is 2.89 bits per heavy atom. The first kappa shape index (κ1) is 12.4. The molecular weight excluding hydrogens is 256 g/mol. The third-order valence-electron chi connectivity index (χ3n) is 2.68. The number of aromatic amines is 1. The fourth-order valence-electron chi connectivity index (χ4n) is 1.83. The van der Waals surface area contributed by atoms with Crippen molar-refractivity contribution >= 4 is 23.1 Å². The number of aromatic nitrogens is 2. The van der Waals surface area contributed by atoms with Crippen LogP contribution in [0.3, 0.4) is 0 Å². The summed E-state index contributed by atoms with van der Waals surface area (Å²) in [6.07, 6.45) is 0.636. The van der Waals surface area contributed by atoms with E-state index >= 15 is 0 Å². The Morgan fingerprint density at radius 1 is 1.56 bits per heavy atom. The first-order valence-corrected chi connectivity index (χ1v) is 5.69. The molecule has 0 amide bonds. The molecule has 7 heteroatoms. The lowest BCUT2D eigenvalue weighted by molar-refractivity contribution is -0.384. The van der Waals surface area contributed by atoms with Gasteiger partial charge in [-0.25, -0.2) is 0 Å². The van der Waals surface area contributed by atoms with E-state index in [1.54, 1.807) is 12.1 Å². The number of anilines is 1. The first-order chi connectivity index (χ1) is 8.54. The number of hydrogen-bond acceptors (Lipinski definition) is 4. The molecule has 0 radical (unpaired) electrons. The van der Waals surface area contributed by atoms with Crippen molar-refractivity contribution in [3.05, 3.63) is 38.9 Å². The van der Waals surface area contributed by atoms with Crippen LogP contribution in [0.4, 0.5) is 11.5 Å². The number of nitrogens with one attached hydrogen (secondary N) is 1. The van der Waals surface area contributed by atoms with E-state index in [1.165, 1.54) is 6.07 Å².